The Morgan fingerprint density at radius 1 is 1.00 bits per heavy atom. The summed E-state index contributed by atoms with van der Waals surface area (Å²) in [7, 11) is 4.18. The minimum atomic E-state index is 0. The van der Waals surface area contributed by atoms with Crippen LogP contribution in [-0.4, -0.2) is 73.8 Å². The van der Waals surface area contributed by atoms with Crippen LogP contribution in [0, 0.1) is 26.3 Å². The molecular weight excluding hydrogens is 774 g/mol. The van der Waals surface area contributed by atoms with Crippen molar-refractivity contribution in [3.63, 3.8) is 0 Å². The minimum Gasteiger partial charge on any atom is -0.389 e. The molecule has 4 heterocycles. The van der Waals surface area contributed by atoms with Gasteiger partial charge in [-0.3, -0.25) is 9.88 Å². The first-order valence-electron chi connectivity index (χ1n) is 21.9. The molecule has 3 saturated heterocycles. The Morgan fingerprint density at radius 3 is 2.31 bits per heavy atom. The maximum Gasteiger partial charge on any atom is 1.00 e. The maximum atomic E-state index is 5.30. The number of hydrogen-bond acceptors (Lipinski definition) is 7. The van der Waals surface area contributed by atoms with Gasteiger partial charge in [0.15, 0.2) is 0 Å². The van der Waals surface area contributed by atoms with E-state index in [1.54, 1.807) is 6.08 Å². The quantitative estimate of drug-likeness (QED) is 0.0709. The fraction of sp³-hybridized carbons (Fsp3) is 0.434. The van der Waals surface area contributed by atoms with Crippen molar-refractivity contribution < 1.29 is 51.4 Å². The van der Waals surface area contributed by atoms with Crippen LogP contribution in [0.4, 0.5) is 5.69 Å². The molecule has 8 heteroatoms. The van der Waals surface area contributed by atoms with Crippen molar-refractivity contribution in [2.75, 3.05) is 52.3 Å². The number of piperidine rings is 1. The molecule has 2 atom stereocenters. The summed E-state index contributed by atoms with van der Waals surface area (Å²) < 4.78 is 0. The van der Waals surface area contributed by atoms with Crippen LogP contribution in [0.3, 0.4) is 0 Å². The summed E-state index contributed by atoms with van der Waals surface area (Å²) in [5.74, 6) is 0.861. The van der Waals surface area contributed by atoms with Gasteiger partial charge in [0, 0.05) is 60.6 Å². The van der Waals surface area contributed by atoms with Crippen LogP contribution in [0.25, 0.3) is 22.8 Å². The van der Waals surface area contributed by atoms with Crippen LogP contribution in [0.5, 0.6) is 0 Å². The van der Waals surface area contributed by atoms with Gasteiger partial charge in [0.05, 0.1) is 6.67 Å². The molecule has 2 aromatic carbocycles. The average Bonchev–Trinajstić information content (AvgIpc) is 3.70. The van der Waals surface area contributed by atoms with Crippen LogP contribution in [0.15, 0.2) is 116 Å². The van der Waals surface area contributed by atoms with E-state index >= 15 is 0 Å². The van der Waals surface area contributed by atoms with E-state index in [1.165, 1.54) is 97.4 Å². The molecule has 5 N–H and O–H groups in total. The first kappa shape index (κ1) is 56.1. The first-order chi connectivity index (χ1) is 28.6. The summed E-state index contributed by atoms with van der Waals surface area (Å²) in [4.78, 5) is 9.79. The van der Waals surface area contributed by atoms with Crippen molar-refractivity contribution in [3.8, 4) is 11.1 Å². The number of fused-ring (bicyclic) bond motifs is 1. The molecule has 3 aromatic rings. The van der Waals surface area contributed by atoms with Crippen molar-refractivity contribution in [2.24, 2.45) is 11.7 Å². The standard InChI is InChI=1S/C25H29N.C9H11N2.C8H16N2.C8H14N2.C2H6.CH3.K/c1-5-8-18(3)24(6-2)25-14-12-21(15-19(25)4)22-11-13-23(26-17-22)16-20-9-7-10-20;1-2-8-4-3-5-9(6-8)11-7-10;1-9-5-6-10-4-2-3-8(10)7-9;1-6-4-5-8(9-3)7(2)10-6;1-2;;/h5-6,8,11-15,17,20H,2,7,9-10,16H2,1,3-4H3;2-3,5-6,11H,1,7,10H2;8H,2-7H2,1H3;8-10H,1-2,4-5H2,3H3;1-2H3;1H3;/q;-1;;;;-1;+1/b8-5-,24-18+;;;;;;. The summed E-state index contributed by atoms with van der Waals surface area (Å²) in [5, 5.41) is 9.29. The molecule has 328 valence electrons. The molecular formula is C53H79KN7-. The number of aromatic nitrogens is 1. The molecule has 1 aromatic heterocycles. The van der Waals surface area contributed by atoms with Gasteiger partial charge in [-0.2, -0.15) is 0 Å². The van der Waals surface area contributed by atoms with E-state index in [1.807, 2.05) is 58.3 Å². The van der Waals surface area contributed by atoms with Gasteiger partial charge in [0.25, 0.3) is 0 Å². The number of nitrogens with two attached hydrogens (primary N) is 1. The van der Waals surface area contributed by atoms with Gasteiger partial charge in [0.1, 0.15) is 0 Å². The van der Waals surface area contributed by atoms with Crippen molar-refractivity contribution in [3.05, 3.63) is 152 Å². The van der Waals surface area contributed by atoms with Crippen LogP contribution < -0.4 is 73.1 Å². The fourth-order valence-corrected chi connectivity index (χ4v) is 7.84. The van der Waals surface area contributed by atoms with Crippen LogP contribution in [-0.2, 0) is 6.42 Å². The van der Waals surface area contributed by atoms with Gasteiger partial charge < -0.3 is 34.0 Å². The minimum absolute atomic E-state index is 0. The number of nitrogens with zero attached hydrogens (tertiary/aromatic N) is 3. The molecule has 4 aliphatic rings. The fourth-order valence-electron chi connectivity index (χ4n) is 7.84. The smallest absolute Gasteiger partial charge is 0.389 e. The number of likely N-dealkylation sites (N-methyl/N-ethyl adjacent to an activating group) is 2. The largest absolute Gasteiger partial charge is 1.00 e. The molecule has 0 spiro atoms. The molecule has 2 unspecified atom stereocenters. The molecule has 4 fully saturated rings. The van der Waals surface area contributed by atoms with Gasteiger partial charge in [-0.25, -0.2) is 0 Å². The number of aryl methyl sites for hydroxylation is 1. The molecule has 7 rings (SSSR count). The van der Waals surface area contributed by atoms with Gasteiger partial charge in [0.2, 0.25) is 0 Å². The van der Waals surface area contributed by atoms with E-state index < -0.39 is 0 Å². The molecule has 1 saturated carbocycles. The Bertz CT molecular complexity index is 1820. The van der Waals surface area contributed by atoms with Crippen molar-refractivity contribution in [2.45, 2.75) is 98.1 Å². The Balaban J connectivity index is 0.000000442. The van der Waals surface area contributed by atoms with Crippen LogP contribution in [0.2, 0.25) is 0 Å². The third-order valence-corrected chi connectivity index (χ3v) is 11.4. The van der Waals surface area contributed by atoms with Crippen LogP contribution in [0.1, 0.15) is 95.0 Å². The molecule has 0 amide bonds. The van der Waals surface area contributed by atoms with Crippen molar-refractivity contribution >= 4 is 17.3 Å². The predicted molar refractivity (Wildman–Crippen MR) is 264 cm³/mol. The predicted octanol–water partition coefficient (Wildman–Crippen LogP) is 8.26. The monoisotopic (exact) mass is 853 g/mol. The van der Waals surface area contributed by atoms with Crippen molar-refractivity contribution in [1.29, 1.82) is 0 Å². The molecule has 1 aliphatic carbocycles. The summed E-state index contributed by atoms with van der Waals surface area (Å²) in [5.41, 5.74) is 18.0. The van der Waals surface area contributed by atoms with Gasteiger partial charge >= 0.3 is 51.4 Å². The zero-order valence-electron chi connectivity index (χ0n) is 39.7. The average molecular weight is 853 g/mol. The van der Waals surface area contributed by atoms with E-state index in [2.05, 4.69) is 122 Å². The molecule has 0 radical (unpaired) electrons. The number of piperazine rings is 1. The second-order valence-corrected chi connectivity index (χ2v) is 15.7. The SMILES string of the molecule is C=C/C(=C(C)\C=C/C)c1ccc(-c2ccc(CC3CCC3)nc2)cc1C.C=C1CCC(NC)C(=C)N1.C=Cc1[c-]ccc(NCN)c1.CC.CN1CCN2CCCC2C1.[CH3-].[K+]. The Kier molecular flexibility index (Phi) is 28.6. The van der Waals surface area contributed by atoms with E-state index in [-0.39, 0.29) is 58.8 Å². The zero-order valence-corrected chi connectivity index (χ0v) is 42.8. The Morgan fingerprint density at radius 2 is 1.74 bits per heavy atom. The van der Waals surface area contributed by atoms with Gasteiger partial charge in [-0.1, -0.05) is 95.3 Å². The topological polar surface area (TPSA) is 81.5 Å². The first-order valence-corrected chi connectivity index (χ1v) is 21.9. The van der Waals surface area contributed by atoms with E-state index in [4.69, 9.17) is 10.7 Å². The zero-order chi connectivity index (χ0) is 43.2. The number of rotatable bonds is 10. The third-order valence-electron chi connectivity index (χ3n) is 11.4. The number of allylic oxidation sites excluding steroid dienone is 6. The summed E-state index contributed by atoms with van der Waals surface area (Å²) in [6.45, 7) is 31.4. The number of pyridine rings is 1. The van der Waals surface area contributed by atoms with Crippen molar-refractivity contribution in [1.82, 2.24) is 25.4 Å². The Labute approximate surface area is 415 Å². The second-order valence-electron chi connectivity index (χ2n) is 15.7. The molecule has 3 aliphatic heterocycles. The number of hydrogen-bond donors (Lipinski definition) is 4. The van der Waals surface area contributed by atoms with Gasteiger partial charge in [-0.05, 0) is 119 Å². The summed E-state index contributed by atoms with van der Waals surface area (Å²) in [6, 6.07) is 21.1. The normalized spacial score (nSPS) is 18.7. The molecule has 61 heavy (non-hydrogen) atoms. The number of anilines is 1. The summed E-state index contributed by atoms with van der Waals surface area (Å²) >= 11 is 0. The summed E-state index contributed by atoms with van der Waals surface area (Å²) in [6.07, 6.45) is 20.2. The third kappa shape index (κ3) is 18.8. The van der Waals surface area contributed by atoms with E-state index in [9.17, 15) is 0 Å². The molecule has 0 bridgehead atoms. The maximum absolute atomic E-state index is 5.30. The van der Waals surface area contributed by atoms with Gasteiger partial charge in [-0.15, -0.1) is 42.5 Å². The van der Waals surface area contributed by atoms with E-state index in [0.717, 1.165) is 53.9 Å². The Hall–Kier alpha value is -2.89. The van der Waals surface area contributed by atoms with Crippen LogP contribution >= 0.6 is 0 Å². The van der Waals surface area contributed by atoms with E-state index in [0.29, 0.717) is 12.7 Å². The second kappa shape index (κ2) is 31.0. The number of nitrogens with one attached hydrogen (secondary N) is 3. The molecule has 7 nitrogen and oxygen atoms in total. The number of benzene rings is 2.